The van der Waals surface area contributed by atoms with Crippen molar-refractivity contribution in [2.75, 3.05) is 5.73 Å². The smallest absolute Gasteiger partial charge is 0.397 e. The van der Waals surface area contributed by atoms with Gasteiger partial charge in [0.25, 0.3) is 0 Å². The minimum absolute atomic E-state index is 0.551. The molecule has 90 valence electrons. The lowest BCUT2D eigenvalue weighted by atomic mass is 10.1. The van der Waals surface area contributed by atoms with E-state index >= 15 is 0 Å². The Morgan fingerprint density at radius 3 is 2.12 bits per heavy atom. The fourth-order valence-corrected chi connectivity index (χ4v) is 2.62. The summed E-state index contributed by atoms with van der Waals surface area (Å²) in [5.41, 5.74) is 7.12. The van der Waals surface area contributed by atoms with Crippen LogP contribution in [0.25, 0.3) is 11.1 Å². The predicted molar refractivity (Wildman–Crippen MR) is 66.9 cm³/mol. The number of anilines is 1. The summed E-state index contributed by atoms with van der Waals surface area (Å²) in [6.45, 7) is 0. The van der Waals surface area contributed by atoms with E-state index in [0.717, 1.165) is 21.5 Å². The van der Waals surface area contributed by atoms with E-state index in [9.17, 15) is 13.2 Å². The average molecular weight is 322 g/mol. The Labute approximate surface area is 108 Å². The molecule has 1 aromatic carbocycles. The van der Waals surface area contributed by atoms with E-state index in [2.05, 4.69) is 15.9 Å². The summed E-state index contributed by atoms with van der Waals surface area (Å²) in [5, 5.41) is 1.81. The highest BCUT2D eigenvalue weighted by atomic mass is 79.9. The second-order valence-corrected chi connectivity index (χ2v) is 5.61. The van der Waals surface area contributed by atoms with Crippen LogP contribution in [0.15, 0.2) is 33.4 Å². The lowest BCUT2D eigenvalue weighted by Crippen LogP contribution is -2.04. The van der Waals surface area contributed by atoms with Crippen LogP contribution in [-0.4, -0.2) is 0 Å². The Balaban J connectivity index is 2.40. The van der Waals surface area contributed by atoms with Gasteiger partial charge in [0.15, 0.2) is 0 Å². The van der Waals surface area contributed by atoms with Crippen LogP contribution in [0.5, 0.6) is 0 Å². The molecule has 17 heavy (non-hydrogen) atoms. The maximum atomic E-state index is 12.4. The molecule has 0 spiro atoms. The largest absolute Gasteiger partial charge is 0.416 e. The molecule has 1 heterocycles. The van der Waals surface area contributed by atoms with Crippen molar-refractivity contribution in [3.05, 3.63) is 39.0 Å². The Hall–Kier alpha value is -1.01. The van der Waals surface area contributed by atoms with Gasteiger partial charge in [-0.25, -0.2) is 0 Å². The number of thiophene rings is 1. The maximum Gasteiger partial charge on any atom is 0.416 e. The van der Waals surface area contributed by atoms with E-state index in [-0.39, 0.29) is 0 Å². The first-order valence-electron chi connectivity index (χ1n) is 4.59. The molecule has 0 aliphatic rings. The van der Waals surface area contributed by atoms with Gasteiger partial charge in [0.05, 0.1) is 15.0 Å². The third-order valence-electron chi connectivity index (χ3n) is 2.31. The zero-order valence-electron chi connectivity index (χ0n) is 8.38. The van der Waals surface area contributed by atoms with Crippen LogP contribution in [0.4, 0.5) is 18.9 Å². The highest BCUT2D eigenvalue weighted by molar-refractivity contribution is 9.11. The first kappa shape index (κ1) is 12.4. The molecule has 0 amide bonds. The van der Waals surface area contributed by atoms with Crippen LogP contribution in [0.2, 0.25) is 0 Å². The molecule has 1 nitrogen and oxygen atoms in total. The number of halogens is 4. The molecule has 1 aromatic heterocycles. The van der Waals surface area contributed by atoms with Crippen LogP contribution in [0, 0.1) is 0 Å². The van der Waals surface area contributed by atoms with Gasteiger partial charge in [-0.3, -0.25) is 0 Å². The second-order valence-electron chi connectivity index (χ2n) is 3.41. The van der Waals surface area contributed by atoms with Gasteiger partial charge in [-0.1, -0.05) is 12.1 Å². The van der Waals surface area contributed by atoms with Crippen molar-refractivity contribution in [3.63, 3.8) is 0 Å². The van der Waals surface area contributed by atoms with Gasteiger partial charge in [0.1, 0.15) is 0 Å². The predicted octanol–water partition coefficient (Wildman–Crippen LogP) is 4.78. The van der Waals surface area contributed by atoms with E-state index in [0.29, 0.717) is 11.3 Å². The number of benzene rings is 1. The molecular weight excluding hydrogens is 315 g/mol. The van der Waals surface area contributed by atoms with Crippen molar-refractivity contribution < 1.29 is 13.2 Å². The average Bonchev–Trinajstić information content (AvgIpc) is 2.59. The summed E-state index contributed by atoms with van der Waals surface area (Å²) in [7, 11) is 0. The monoisotopic (exact) mass is 321 g/mol. The number of hydrogen-bond donors (Lipinski definition) is 1. The molecule has 0 bridgehead atoms. The molecule has 0 saturated carbocycles. The van der Waals surface area contributed by atoms with Gasteiger partial charge < -0.3 is 5.73 Å². The van der Waals surface area contributed by atoms with Crippen molar-refractivity contribution in [2.45, 2.75) is 6.18 Å². The van der Waals surface area contributed by atoms with Crippen molar-refractivity contribution in [1.82, 2.24) is 0 Å². The molecule has 0 fully saturated rings. The summed E-state index contributed by atoms with van der Waals surface area (Å²) < 4.78 is 37.9. The fraction of sp³-hybridized carbons (Fsp3) is 0.0909. The third kappa shape index (κ3) is 2.47. The minimum atomic E-state index is -4.31. The van der Waals surface area contributed by atoms with E-state index in [1.54, 1.807) is 0 Å². The van der Waals surface area contributed by atoms with Crippen molar-refractivity contribution in [3.8, 4) is 11.1 Å². The number of alkyl halides is 3. The summed E-state index contributed by atoms with van der Waals surface area (Å²) in [5.74, 6) is 0. The molecule has 0 saturated heterocycles. The molecule has 2 aromatic rings. The quantitative estimate of drug-likeness (QED) is 0.803. The Morgan fingerprint density at radius 2 is 1.71 bits per heavy atom. The second kappa shape index (κ2) is 4.34. The molecule has 0 aliphatic heterocycles. The maximum absolute atomic E-state index is 12.4. The number of rotatable bonds is 1. The Bertz CT molecular complexity index is 531. The van der Waals surface area contributed by atoms with Crippen LogP contribution in [-0.2, 0) is 6.18 Å². The van der Waals surface area contributed by atoms with Gasteiger partial charge >= 0.3 is 6.18 Å². The van der Waals surface area contributed by atoms with Crippen LogP contribution >= 0.6 is 27.3 Å². The first-order chi connectivity index (χ1) is 7.89. The molecule has 0 atom stereocenters. The van der Waals surface area contributed by atoms with Gasteiger partial charge in [-0.15, -0.1) is 11.3 Å². The van der Waals surface area contributed by atoms with Crippen LogP contribution in [0.3, 0.4) is 0 Å². The minimum Gasteiger partial charge on any atom is -0.397 e. The molecular formula is C11H7BrF3NS. The van der Waals surface area contributed by atoms with Gasteiger partial charge in [0, 0.05) is 10.9 Å². The fourth-order valence-electron chi connectivity index (χ4n) is 1.41. The highest BCUT2D eigenvalue weighted by Crippen LogP contribution is 2.38. The van der Waals surface area contributed by atoms with E-state index in [1.807, 2.05) is 5.38 Å². The highest BCUT2D eigenvalue weighted by Gasteiger charge is 2.30. The van der Waals surface area contributed by atoms with E-state index in [4.69, 9.17) is 5.73 Å². The zero-order valence-corrected chi connectivity index (χ0v) is 10.8. The Kier molecular flexibility index (Phi) is 3.18. The van der Waals surface area contributed by atoms with Gasteiger partial charge in [-0.2, -0.15) is 13.2 Å². The summed E-state index contributed by atoms with van der Waals surface area (Å²) in [4.78, 5) is 0. The van der Waals surface area contributed by atoms with Crippen LogP contribution < -0.4 is 5.73 Å². The Morgan fingerprint density at radius 1 is 1.12 bits per heavy atom. The lowest BCUT2D eigenvalue weighted by Gasteiger charge is -2.07. The molecule has 0 radical (unpaired) electrons. The molecule has 0 aliphatic carbocycles. The van der Waals surface area contributed by atoms with Gasteiger partial charge in [0.2, 0.25) is 0 Å². The number of nitrogens with two attached hydrogens (primary N) is 1. The standard InChI is InChI=1S/C11H7BrF3NS/c12-10-9(16)8(5-17-10)6-1-3-7(4-2-6)11(13,14)15/h1-5H,16H2. The topological polar surface area (TPSA) is 26.0 Å². The van der Waals surface area contributed by atoms with Crippen molar-refractivity contribution in [1.29, 1.82) is 0 Å². The van der Waals surface area contributed by atoms with Crippen molar-refractivity contribution >= 4 is 33.0 Å². The van der Waals surface area contributed by atoms with E-state index in [1.165, 1.54) is 23.5 Å². The van der Waals surface area contributed by atoms with E-state index < -0.39 is 11.7 Å². The SMILES string of the molecule is Nc1c(-c2ccc(C(F)(F)F)cc2)csc1Br. The van der Waals surface area contributed by atoms with Crippen LogP contribution in [0.1, 0.15) is 5.56 Å². The molecule has 0 unspecified atom stereocenters. The number of nitrogen functional groups attached to an aromatic ring is 1. The third-order valence-corrected chi connectivity index (χ3v) is 4.07. The molecule has 2 N–H and O–H groups in total. The molecule has 2 rings (SSSR count). The zero-order chi connectivity index (χ0) is 12.6. The summed E-state index contributed by atoms with van der Waals surface area (Å²) in [6.07, 6.45) is -4.31. The number of hydrogen-bond acceptors (Lipinski definition) is 2. The summed E-state index contributed by atoms with van der Waals surface area (Å²) >= 11 is 4.68. The van der Waals surface area contributed by atoms with Gasteiger partial charge in [-0.05, 0) is 33.6 Å². The molecule has 6 heteroatoms. The van der Waals surface area contributed by atoms with Crippen molar-refractivity contribution in [2.24, 2.45) is 0 Å². The lowest BCUT2D eigenvalue weighted by molar-refractivity contribution is -0.137. The first-order valence-corrected chi connectivity index (χ1v) is 6.27. The normalized spacial score (nSPS) is 11.8. The summed E-state index contributed by atoms with van der Waals surface area (Å²) in [6, 6.07) is 4.96.